The third-order valence-corrected chi connectivity index (χ3v) is 7.01. The number of rotatable bonds is 0. The zero-order valence-corrected chi connectivity index (χ0v) is 13.8. The molecule has 0 radical (unpaired) electrons. The predicted molar refractivity (Wildman–Crippen MR) is 83.1 cm³/mol. The summed E-state index contributed by atoms with van der Waals surface area (Å²) in [6, 6.07) is 0. The van der Waals surface area contributed by atoms with Gasteiger partial charge in [0.1, 0.15) is 0 Å². The van der Waals surface area contributed by atoms with Gasteiger partial charge in [0.15, 0.2) is 6.29 Å². The van der Waals surface area contributed by atoms with Gasteiger partial charge in [0.2, 0.25) is 0 Å². The molecule has 4 aliphatic rings. The molecule has 2 aliphatic carbocycles. The molecular formula is C16H23IO2. The summed E-state index contributed by atoms with van der Waals surface area (Å²) in [6.45, 7) is 3.39. The van der Waals surface area contributed by atoms with E-state index in [2.05, 4.69) is 35.6 Å². The average molecular weight is 374 g/mol. The number of allylic oxidation sites excluding steroid dienone is 1. The van der Waals surface area contributed by atoms with Crippen LogP contribution in [0.15, 0.2) is 9.66 Å². The third kappa shape index (κ3) is 1.67. The van der Waals surface area contributed by atoms with Crippen molar-refractivity contribution < 1.29 is 9.47 Å². The van der Waals surface area contributed by atoms with Gasteiger partial charge in [-0.3, -0.25) is 0 Å². The molecule has 0 N–H and O–H groups in total. The molecule has 0 amide bonds. The maximum absolute atomic E-state index is 6.40. The Kier molecular flexibility index (Phi) is 3.06. The van der Waals surface area contributed by atoms with Crippen molar-refractivity contribution >= 4 is 22.6 Å². The standard InChI is InChI=1S/C16H23IO2/c1-15-6-2-3-7-16(15)12-5-4-8-18-14(12)19-13(16)9-11(17)10-15/h10,12-14H,2-9H2,1H3/t12-,13+,14-,15-,16-/m0/s1. The van der Waals surface area contributed by atoms with Crippen molar-refractivity contribution in [2.75, 3.05) is 6.61 Å². The highest BCUT2D eigenvalue weighted by Gasteiger charge is 2.66. The molecule has 0 aromatic carbocycles. The highest BCUT2D eigenvalue weighted by atomic mass is 127. The van der Waals surface area contributed by atoms with Crippen molar-refractivity contribution in [3.05, 3.63) is 9.66 Å². The van der Waals surface area contributed by atoms with Gasteiger partial charge < -0.3 is 9.47 Å². The fourth-order valence-corrected chi connectivity index (χ4v) is 6.58. The molecular weight excluding hydrogens is 351 g/mol. The van der Waals surface area contributed by atoms with Gasteiger partial charge in [0.05, 0.1) is 6.10 Å². The molecule has 0 aromatic rings. The maximum atomic E-state index is 6.40. The first kappa shape index (κ1) is 13.1. The summed E-state index contributed by atoms with van der Waals surface area (Å²) in [5.41, 5.74) is 0.704. The molecule has 3 heteroatoms. The Labute approximate surface area is 129 Å². The first-order valence-electron chi connectivity index (χ1n) is 7.80. The van der Waals surface area contributed by atoms with E-state index in [0.29, 0.717) is 22.9 Å². The fourth-order valence-electron chi connectivity index (χ4n) is 5.50. The summed E-state index contributed by atoms with van der Waals surface area (Å²) in [6.07, 6.45) is 12.2. The van der Waals surface area contributed by atoms with E-state index >= 15 is 0 Å². The molecule has 19 heavy (non-hydrogen) atoms. The molecule has 1 saturated carbocycles. The van der Waals surface area contributed by atoms with E-state index in [1.54, 1.807) is 0 Å². The van der Waals surface area contributed by atoms with Crippen LogP contribution in [-0.2, 0) is 9.47 Å². The molecule has 2 saturated heterocycles. The topological polar surface area (TPSA) is 18.5 Å². The Balaban J connectivity index is 1.82. The van der Waals surface area contributed by atoms with Crippen molar-refractivity contribution in [1.29, 1.82) is 0 Å². The highest BCUT2D eigenvalue weighted by molar-refractivity contribution is 14.1. The van der Waals surface area contributed by atoms with Crippen LogP contribution in [-0.4, -0.2) is 19.0 Å². The summed E-state index contributed by atoms with van der Waals surface area (Å²) < 4.78 is 13.9. The van der Waals surface area contributed by atoms with Crippen LogP contribution < -0.4 is 0 Å². The molecule has 1 spiro atoms. The summed E-state index contributed by atoms with van der Waals surface area (Å²) in [5.74, 6) is 0.636. The van der Waals surface area contributed by atoms with Crippen LogP contribution in [0.4, 0.5) is 0 Å². The first-order chi connectivity index (χ1) is 9.16. The number of fused-ring (bicyclic) bond motifs is 1. The molecule has 3 fully saturated rings. The molecule has 5 atom stereocenters. The van der Waals surface area contributed by atoms with Gasteiger partial charge in [0.25, 0.3) is 0 Å². The molecule has 0 bridgehead atoms. The fraction of sp³-hybridized carbons (Fsp3) is 0.875. The first-order valence-corrected chi connectivity index (χ1v) is 8.88. The van der Waals surface area contributed by atoms with Gasteiger partial charge in [-0.05, 0) is 57.3 Å². The van der Waals surface area contributed by atoms with E-state index in [9.17, 15) is 0 Å². The van der Waals surface area contributed by atoms with Gasteiger partial charge in [-0.1, -0.05) is 25.8 Å². The molecule has 2 nitrogen and oxygen atoms in total. The van der Waals surface area contributed by atoms with Crippen LogP contribution in [0.2, 0.25) is 0 Å². The lowest BCUT2D eigenvalue weighted by Gasteiger charge is -2.56. The van der Waals surface area contributed by atoms with Crippen LogP contribution in [0.5, 0.6) is 0 Å². The van der Waals surface area contributed by atoms with E-state index in [4.69, 9.17) is 9.47 Å². The largest absolute Gasteiger partial charge is 0.352 e. The molecule has 4 rings (SSSR count). The Hall–Kier alpha value is 0.390. The number of hydrogen-bond acceptors (Lipinski definition) is 2. The number of halogens is 1. The predicted octanol–water partition coefficient (Wildman–Crippen LogP) is 4.43. The number of ether oxygens (including phenoxy) is 2. The number of hydrogen-bond donors (Lipinski definition) is 0. The Bertz CT molecular complexity index is 421. The molecule has 2 heterocycles. The van der Waals surface area contributed by atoms with Crippen LogP contribution in [0.25, 0.3) is 0 Å². The second-order valence-electron chi connectivity index (χ2n) is 7.07. The van der Waals surface area contributed by atoms with Crippen LogP contribution >= 0.6 is 22.6 Å². The normalized spacial score (nSPS) is 52.9. The smallest absolute Gasteiger partial charge is 0.161 e. The van der Waals surface area contributed by atoms with Crippen LogP contribution in [0.1, 0.15) is 51.9 Å². The summed E-state index contributed by atoms with van der Waals surface area (Å²) in [7, 11) is 0. The van der Waals surface area contributed by atoms with Gasteiger partial charge >= 0.3 is 0 Å². The minimum atomic E-state index is 0.0897. The van der Waals surface area contributed by atoms with Crippen molar-refractivity contribution in [2.24, 2.45) is 16.7 Å². The van der Waals surface area contributed by atoms with Gasteiger partial charge in [-0.2, -0.15) is 0 Å². The summed E-state index contributed by atoms with van der Waals surface area (Å²) in [4.78, 5) is 0. The SMILES string of the molecule is C[C@]12C=C(I)C[C@H]3O[C@@H]4OCCC[C@@H]4[C@@]31CCCC2. The van der Waals surface area contributed by atoms with Crippen LogP contribution in [0.3, 0.4) is 0 Å². The lowest BCUT2D eigenvalue weighted by Crippen LogP contribution is -2.54. The Morgan fingerprint density at radius 1 is 1.26 bits per heavy atom. The van der Waals surface area contributed by atoms with Gasteiger partial charge in [-0.15, -0.1) is 0 Å². The quantitative estimate of drug-likeness (QED) is 0.584. The third-order valence-electron chi connectivity index (χ3n) is 6.26. The Morgan fingerprint density at radius 2 is 2.11 bits per heavy atom. The molecule has 2 aliphatic heterocycles. The second kappa shape index (κ2) is 4.44. The molecule has 0 unspecified atom stereocenters. The maximum Gasteiger partial charge on any atom is 0.161 e. The zero-order chi connectivity index (χ0) is 13.1. The second-order valence-corrected chi connectivity index (χ2v) is 8.46. The van der Waals surface area contributed by atoms with E-state index in [1.165, 1.54) is 42.1 Å². The zero-order valence-electron chi connectivity index (χ0n) is 11.7. The van der Waals surface area contributed by atoms with Crippen LogP contribution in [0, 0.1) is 16.7 Å². The minimum absolute atomic E-state index is 0.0897. The monoisotopic (exact) mass is 374 g/mol. The van der Waals surface area contributed by atoms with Gasteiger partial charge in [-0.25, -0.2) is 0 Å². The van der Waals surface area contributed by atoms with E-state index < -0.39 is 0 Å². The van der Waals surface area contributed by atoms with E-state index in [0.717, 1.165) is 13.0 Å². The van der Waals surface area contributed by atoms with Crippen molar-refractivity contribution in [3.8, 4) is 0 Å². The van der Waals surface area contributed by atoms with Crippen molar-refractivity contribution in [3.63, 3.8) is 0 Å². The minimum Gasteiger partial charge on any atom is -0.352 e. The van der Waals surface area contributed by atoms with E-state index in [-0.39, 0.29) is 6.29 Å². The highest BCUT2D eigenvalue weighted by Crippen LogP contribution is 2.67. The summed E-state index contributed by atoms with van der Waals surface area (Å²) in [5, 5.41) is 0. The van der Waals surface area contributed by atoms with E-state index in [1.807, 2.05) is 0 Å². The van der Waals surface area contributed by atoms with Crippen molar-refractivity contribution in [1.82, 2.24) is 0 Å². The molecule has 106 valence electrons. The molecule has 0 aromatic heterocycles. The lowest BCUT2D eigenvalue weighted by atomic mass is 9.47. The summed E-state index contributed by atoms with van der Waals surface area (Å²) >= 11 is 2.52. The van der Waals surface area contributed by atoms with Crippen molar-refractivity contribution in [2.45, 2.75) is 64.3 Å². The Morgan fingerprint density at radius 3 is 3.00 bits per heavy atom. The average Bonchev–Trinajstić information content (AvgIpc) is 2.69. The van der Waals surface area contributed by atoms with Gasteiger partial charge in [0, 0.05) is 24.4 Å². The lowest BCUT2D eigenvalue weighted by molar-refractivity contribution is -0.166.